The van der Waals surface area contributed by atoms with Crippen molar-refractivity contribution in [1.82, 2.24) is 10.6 Å². The van der Waals surface area contributed by atoms with E-state index >= 15 is 0 Å². The normalized spacial score (nSPS) is 25.3. The monoisotopic (exact) mass is 429 g/mol. The Labute approximate surface area is 145 Å². The molecule has 2 aliphatic rings. The Bertz CT molecular complexity index is 447. The lowest BCUT2D eigenvalue weighted by atomic mass is 9.85. The number of rotatable bonds is 5. The van der Waals surface area contributed by atoms with Crippen molar-refractivity contribution in [3.8, 4) is 0 Å². The summed E-state index contributed by atoms with van der Waals surface area (Å²) in [7, 11) is -2.80. The molecular formula is C14H28IN3O2S. The van der Waals surface area contributed by atoms with Crippen LogP contribution >= 0.6 is 24.0 Å². The Kier molecular flexibility index (Phi) is 7.73. The van der Waals surface area contributed by atoms with E-state index in [1.165, 1.54) is 19.3 Å². The Morgan fingerprint density at radius 1 is 1.24 bits per heavy atom. The van der Waals surface area contributed by atoms with Crippen LogP contribution in [0.1, 0.15) is 39.5 Å². The molecule has 7 heteroatoms. The molecule has 0 spiro atoms. The van der Waals surface area contributed by atoms with E-state index in [-0.39, 0.29) is 29.9 Å². The minimum Gasteiger partial charge on any atom is -0.356 e. The lowest BCUT2D eigenvalue weighted by Gasteiger charge is -2.27. The SMILES string of the molecule is CC(C)NC(=NCC1CCS(=O)(=O)C1)NCC1CCC1.I. The minimum atomic E-state index is -2.80. The predicted octanol–water partition coefficient (Wildman–Crippen LogP) is 1.78. The second-order valence-electron chi connectivity index (χ2n) is 6.44. The maximum absolute atomic E-state index is 11.4. The maximum atomic E-state index is 11.4. The summed E-state index contributed by atoms with van der Waals surface area (Å²) in [5.74, 6) is 2.43. The number of nitrogens with zero attached hydrogens (tertiary/aromatic N) is 1. The molecule has 0 bridgehead atoms. The zero-order valence-corrected chi connectivity index (χ0v) is 16.1. The van der Waals surface area contributed by atoms with Crippen molar-refractivity contribution >= 4 is 39.8 Å². The third-order valence-electron chi connectivity index (χ3n) is 4.04. The van der Waals surface area contributed by atoms with Gasteiger partial charge >= 0.3 is 0 Å². The fourth-order valence-electron chi connectivity index (χ4n) is 2.60. The minimum absolute atomic E-state index is 0. The molecule has 124 valence electrons. The topological polar surface area (TPSA) is 70.6 Å². The van der Waals surface area contributed by atoms with Crippen molar-refractivity contribution in [3.05, 3.63) is 0 Å². The Morgan fingerprint density at radius 2 is 1.95 bits per heavy atom. The van der Waals surface area contributed by atoms with Gasteiger partial charge in [-0.2, -0.15) is 0 Å². The van der Waals surface area contributed by atoms with E-state index in [9.17, 15) is 8.42 Å². The van der Waals surface area contributed by atoms with Crippen molar-refractivity contribution in [2.24, 2.45) is 16.8 Å². The highest BCUT2D eigenvalue weighted by Gasteiger charge is 2.27. The van der Waals surface area contributed by atoms with Crippen molar-refractivity contribution in [2.45, 2.75) is 45.6 Å². The van der Waals surface area contributed by atoms with Crippen LogP contribution in [-0.2, 0) is 9.84 Å². The number of hydrogen-bond donors (Lipinski definition) is 2. The van der Waals surface area contributed by atoms with E-state index in [1.807, 2.05) is 0 Å². The summed E-state index contributed by atoms with van der Waals surface area (Å²) in [5.41, 5.74) is 0. The molecule has 1 atom stereocenters. The van der Waals surface area contributed by atoms with E-state index in [4.69, 9.17) is 0 Å². The second kappa shape index (κ2) is 8.55. The molecule has 0 aromatic carbocycles. The van der Waals surface area contributed by atoms with Gasteiger partial charge in [-0.1, -0.05) is 6.42 Å². The molecule has 0 aromatic heterocycles. The quantitative estimate of drug-likeness (QED) is 0.397. The molecule has 1 aliphatic heterocycles. The van der Waals surface area contributed by atoms with Crippen LogP contribution in [-0.4, -0.2) is 45.0 Å². The lowest BCUT2D eigenvalue weighted by Crippen LogP contribution is -2.44. The van der Waals surface area contributed by atoms with Gasteiger partial charge in [0.25, 0.3) is 0 Å². The van der Waals surface area contributed by atoms with Crippen molar-refractivity contribution in [1.29, 1.82) is 0 Å². The van der Waals surface area contributed by atoms with E-state index < -0.39 is 9.84 Å². The molecule has 2 N–H and O–H groups in total. The molecule has 2 rings (SSSR count). The largest absolute Gasteiger partial charge is 0.356 e. The van der Waals surface area contributed by atoms with E-state index in [1.54, 1.807) is 0 Å². The van der Waals surface area contributed by atoms with Crippen molar-refractivity contribution < 1.29 is 8.42 Å². The first-order valence-corrected chi connectivity index (χ1v) is 9.52. The first kappa shape index (κ1) is 19.0. The molecule has 0 radical (unpaired) electrons. The van der Waals surface area contributed by atoms with Gasteiger partial charge in [0.05, 0.1) is 11.5 Å². The van der Waals surface area contributed by atoms with Gasteiger partial charge in [0.1, 0.15) is 0 Å². The van der Waals surface area contributed by atoms with Crippen LogP contribution in [0.5, 0.6) is 0 Å². The molecule has 1 heterocycles. The maximum Gasteiger partial charge on any atom is 0.191 e. The summed E-state index contributed by atoms with van der Waals surface area (Å²) in [5, 5.41) is 6.70. The van der Waals surface area contributed by atoms with Gasteiger partial charge in [-0.15, -0.1) is 24.0 Å². The van der Waals surface area contributed by atoms with Crippen LogP contribution in [0.25, 0.3) is 0 Å². The van der Waals surface area contributed by atoms with Gasteiger partial charge in [0, 0.05) is 19.1 Å². The number of aliphatic imine (C=N–C) groups is 1. The fraction of sp³-hybridized carbons (Fsp3) is 0.929. The summed E-state index contributed by atoms with van der Waals surface area (Å²) < 4.78 is 22.9. The van der Waals surface area contributed by atoms with Crippen LogP contribution < -0.4 is 10.6 Å². The van der Waals surface area contributed by atoms with Gasteiger partial charge in [0.2, 0.25) is 0 Å². The smallest absolute Gasteiger partial charge is 0.191 e. The molecule has 5 nitrogen and oxygen atoms in total. The van der Waals surface area contributed by atoms with Crippen molar-refractivity contribution in [3.63, 3.8) is 0 Å². The zero-order chi connectivity index (χ0) is 14.6. The van der Waals surface area contributed by atoms with Gasteiger partial charge in [0.15, 0.2) is 15.8 Å². The Morgan fingerprint density at radius 3 is 2.43 bits per heavy atom. The number of hydrogen-bond acceptors (Lipinski definition) is 3. The molecule has 21 heavy (non-hydrogen) atoms. The summed E-state index contributed by atoms with van der Waals surface area (Å²) in [4.78, 5) is 4.57. The molecule has 0 amide bonds. The summed E-state index contributed by atoms with van der Waals surface area (Å²) in [6.45, 7) is 5.74. The number of nitrogens with one attached hydrogen (secondary N) is 2. The molecule has 1 saturated carbocycles. The first-order valence-electron chi connectivity index (χ1n) is 7.70. The molecule has 1 unspecified atom stereocenters. The molecule has 1 saturated heterocycles. The van der Waals surface area contributed by atoms with Gasteiger partial charge in [-0.25, -0.2) is 8.42 Å². The average molecular weight is 429 g/mol. The molecular weight excluding hydrogens is 401 g/mol. The predicted molar refractivity (Wildman–Crippen MR) is 98.1 cm³/mol. The zero-order valence-electron chi connectivity index (χ0n) is 13.0. The summed E-state index contributed by atoms with van der Waals surface area (Å²) >= 11 is 0. The number of halogens is 1. The van der Waals surface area contributed by atoms with Crippen molar-refractivity contribution in [2.75, 3.05) is 24.6 Å². The fourth-order valence-corrected chi connectivity index (χ4v) is 4.45. The van der Waals surface area contributed by atoms with E-state index in [2.05, 4.69) is 29.5 Å². The highest BCUT2D eigenvalue weighted by molar-refractivity contribution is 14.0. The molecule has 0 aromatic rings. The van der Waals surface area contributed by atoms with Crippen LogP contribution in [0.4, 0.5) is 0 Å². The number of guanidine groups is 1. The summed E-state index contributed by atoms with van der Waals surface area (Å²) in [6.07, 6.45) is 4.71. The highest BCUT2D eigenvalue weighted by Crippen LogP contribution is 2.25. The Balaban J connectivity index is 0.00000220. The molecule has 2 fully saturated rings. The van der Waals surface area contributed by atoms with Gasteiger partial charge in [-0.3, -0.25) is 4.99 Å². The second-order valence-corrected chi connectivity index (χ2v) is 8.66. The summed E-state index contributed by atoms with van der Waals surface area (Å²) in [6, 6.07) is 0.329. The van der Waals surface area contributed by atoms with Crippen LogP contribution in [0.3, 0.4) is 0 Å². The highest BCUT2D eigenvalue weighted by atomic mass is 127. The first-order chi connectivity index (χ1) is 9.44. The standard InChI is InChI=1S/C14H27N3O2S.HI/c1-11(2)17-14(15-8-12-4-3-5-12)16-9-13-6-7-20(18,19)10-13;/h11-13H,3-10H2,1-2H3,(H2,15,16,17);1H. The van der Waals surface area contributed by atoms with Gasteiger partial charge < -0.3 is 10.6 Å². The van der Waals surface area contributed by atoms with Gasteiger partial charge in [-0.05, 0) is 44.9 Å². The Hall–Kier alpha value is -0.0500. The third-order valence-corrected chi connectivity index (χ3v) is 5.88. The third kappa shape index (κ3) is 6.71. The van der Waals surface area contributed by atoms with Crippen LogP contribution in [0, 0.1) is 11.8 Å². The number of sulfone groups is 1. The van der Waals surface area contributed by atoms with Crippen LogP contribution in [0.2, 0.25) is 0 Å². The average Bonchev–Trinajstić information content (AvgIpc) is 2.63. The molecule has 1 aliphatic carbocycles. The van der Waals surface area contributed by atoms with E-state index in [0.29, 0.717) is 24.1 Å². The van der Waals surface area contributed by atoms with E-state index in [0.717, 1.165) is 24.8 Å². The lowest BCUT2D eigenvalue weighted by molar-refractivity contribution is 0.314. The van der Waals surface area contributed by atoms with Crippen LogP contribution in [0.15, 0.2) is 4.99 Å².